The molecule has 152 valence electrons. The number of sulfonamides is 1. The van der Waals surface area contributed by atoms with Crippen LogP contribution in [-0.4, -0.2) is 35.5 Å². The molecule has 4 N–H and O–H groups in total. The van der Waals surface area contributed by atoms with Gasteiger partial charge in [-0.3, -0.25) is 4.79 Å². The Kier molecular flexibility index (Phi) is 6.17. The second-order valence-corrected chi connectivity index (χ2v) is 10.2. The number of amides is 1. The number of sulfone groups is 1. The lowest BCUT2D eigenvalue weighted by molar-refractivity contribution is -0.114. The monoisotopic (exact) mass is 425 g/mol. The average Bonchev–Trinajstić information content (AvgIpc) is 2.54. The molecule has 2 aromatic carbocycles. The molecule has 0 heterocycles. The van der Waals surface area contributed by atoms with Crippen LogP contribution in [0.25, 0.3) is 0 Å². The molecule has 0 fully saturated rings. The Morgan fingerprint density at radius 3 is 2.07 bits per heavy atom. The number of rotatable bonds is 6. The Labute approximate surface area is 165 Å². The fourth-order valence-corrected chi connectivity index (χ4v) is 4.36. The molecule has 1 amide bonds. The number of aryl methyl sites for hydroxylation is 3. The van der Waals surface area contributed by atoms with Crippen molar-refractivity contribution in [3.8, 4) is 0 Å². The Balaban J connectivity index is 2.24. The summed E-state index contributed by atoms with van der Waals surface area (Å²) in [4.78, 5) is 11.7. The summed E-state index contributed by atoms with van der Waals surface area (Å²) in [6.45, 7) is 5.53. The zero-order valence-corrected chi connectivity index (χ0v) is 17.7. The first kappa shape index (κ1) is 21.9. The van der Waals surface area contributed by atoms with Crippen LogP contribution in [0, 0.1) is 20.8 Å². The molecule has 10 heteroatoms. The molecule has 0 aliphatic heterocycles. The highest BCUT2D eigenvalue weighted by Gasteiger charge is 2.19. The van der Waals surface area contributed by atoms with Crippen LogP contribution in [0.1, 0.15) is 16.7 Å². The van der Waals surface area contributed by atoms with Gasteiger partial charge < -0.3 is 10.6 Å². The molecular formula is C18H23N3O5S2. The number of hydrogen-bond donors (Lipinski definition) is 3. The smallest absolute Gasteiger partial charge is 0.243 e. The van der Waals surface area contributed by atoms with Gasteiger partial charge in [0.2, 0.25) is 15.9 Å². The van der Waals surface area contributed by atoms with E-state index in [2.05, 4.69) is 10.6 Å². The van der Waals surface area contributed by atoms with E-state index in [1.165, 1.54) is 12.1 Å². The second kappa shape index (κ2) is 7.90. The molecule has 0 aromatic heterocycles. The van der Waals surface area contributed by atoms with E-state index in [0.29, 0.717) is 5.69 Å². The van der Waals surface area contributed by atoms with Gasteiger partial charge in [0.05, 0.1) is 22.0 Å². The van der Waals surface area contributed by atoms with Gasteiger partial charge >= 0.3 is 0 Å². The number of nitrogens with one attached hydrogen (secondary N) is 2. The third-order valence-electron chi connectivity index (χ3n) is 4.06. The van der Waals surface area contributed by atoms with Crippen LogP contribution < -0.4 is 15.8 Å². The molecule has 2 rings (SSSR count). The van der Waals surface area contributed by atoms with Crippen LogP contribution >= 0.6 is 0 Å². The van der Waals surface area contributed by atoms with Crippen molar-refractivity contribution in [2.24, 2.45) is 5.14 Å². The largest absolute Gasteiger partial charge is 0.375 e. The predicted octanol–water partition coefficient (Wildman–Crippen LogP) is 1.71. The summed E-state index contributed by atoms with van der Waals surface area (Å²) in [7, 11) is -7.81. The predicted molar refractivity (Wildman–Crippen MR) is 109 cm³/mol. The van der Waals surface area contributed by atoms with Crippen molar-refractivity contribution in [3.63, 3.8) is 0 Å². The fourth-order valence-electron chi connectivity index (χ4n) is 2.87. The average molecular weight is 426 g/mol. The van der Waals surface area contributed by atoms with Crippen LogP contribution in [-0.2, 0) is 24.7 Å². The van der Waals surface area contributed by atoms with Crippen LogP contribution in [0.2, 0.25) is 0 Å². The fraction of sp³-hybridized carbons (Fsp3) is 0.278. The van der Waals surface area contributed by atoms with Crippen molar-refractivity contribution in [2.45, 2.75) is 30.6 Å². The zero-order valence-electron chi connectivity index (χ0n) is 16.0. The number of nitrogens with two attached hydrogens (primary N) is 1. The van der Waals surface area contributed by atoms with E-state index in [4.69, 9.17) is 5.14 Å². The van der Waals surface area contributed by atoms with E-state index in [0.717, 1.165) is 29.0 Å². The van der Waals surface area contributed by atoms with E-state index >= 15 is 0 Å². The van der Waals surface area contributed by atoms with Crippen molar-refractivity contribution in [1.82, 2.24) is 0 Å². The lowest BCUT2D eigenvalue weighted by Gasteiger charge is -2.15. The van der Waals surface area contributed by atoms with Gasteiger partial charge in [-0.25, -0.2) is 22.0 Å². The van der Waals surface area contributed by atoms with Crippen LogP contribution in [0.15, 0.2) is 40.1 Å². The molecule has 0 aliphatic carbocycles. The van der Waals surface area contributed by atoms with Gasteiger partial charge in [0.15, 0.2) is 9.84 Å². The molecule has 28 heavy (non-hydrogen) atoms. The number of carbonyl (C=O) groups is 1. The third kappa shape index (κ3) is 5.31. The van der Waals surface area contributed by atoms with Crippen LogP contribution in [0.4, 0.5) is 11.4 Å². The van der Waals surface area contributed by atoms with E-state index in [9.17, 15) is 21.6 Å². The van der Waals surface area contributed by atoms with Crippen molar-refractivity contribution in [1.29, 1.82) is 0 Å². The molecule has 0 saturated heterocycles. The normalized spacial score (nSPS) is 11.9. The first-order valence-electron chi connectivity index (χ1n) is 8.27. The molecule has 0 aliphatic rings. The SMILES string of the molecule is Cc1cc(C)c(NC(=O)CNc2ccc(S(N)(=O)=O)cc2S(C)(=O)=O)c(C)c1. The molecule has 8 nitrogen and oxygen atoms in total. The highest BCUT2D eigenvalue weighted by Crippen LogP contribution is 2.25. The molecule has 0 saturated carbocycles. The molecule has 0 spiro atoms. The van der Waals surface area contributed by atoms with Crippen molar-refractivity contribution in [3.05, 3.63) is 47.0 Å². The second-order valence-electron chi connectivity index (χ2n) is 6.65. The van der Waals surface area contributed by atoms with Gasteiger partial charge in [0.25, 0.3) is 0 Å². The first-order chi connectivity index (χ1) is 12.8. The molecule has 0 atom stereocenters. The van der Waals surface area contributed by atoms with Gasteiger partial charge in [0.1, 0.15) is 0 Å². The molecule has 0 radical (unpaired) electrons. The highest BCUT2D eigenvalue weighted by atomic mass is 32.2. The molecule has 2 aromatic rings. The number of hydrogen-bond acceptors (Lipinski definition) is 6. The number of primary sulfonamides is 1. The summed E-state index contributed by atoms with van der Waals surface area (Å²) >= 11 is 0. The Morgan fingerprint density at radius 2 is 1.57 bits per heavy atom. The third-order valence-corrected chi connectivity index (χ3v) is 6.11. The minimum absolute atomic E-state index is 0.113. The lowest BCUT2D eigenvalue weighted by atomic mass is 10.1. The number of benzene rings is 2. The number of anilines is 2. The van der Waals surface area contributed by atoms with Crippen molar-refractivity contribution in [2.75, 3.05) is 23.4 Å². The lowest BCUT2D eigenvalue weighted by Crippen LogP contribution is -2.23. The van der Waals surface area contributed by atoms with Crippen molar-refractivity contribution < 1.29 is 21.6 Å². The Bertz CT molecular complexity index is 1120. The standard InChI is InChI=1S/C18H23N3O5S2/c1-11-7-12(2)18(13(3)8-11)21-17(22)10-20-15-6-5-14(28(19,25)26)9-16(15)27(4,23)24/h5-9,20H,10H2,1-4H3,(H,21,22)(H2,19,25,26). The minimum atomic E-state index is -4.06. The van der Waals surface area contributed by atoms with E-state index in [1.807, 2.05) is 32.9 Å². The summed E-state index contributed by atoms with van der Waals surface area (Å²) in [5.74, 6) is -0.370. The first-order valence-corrected chi connectivity index (χ1v) is 11.7. The van der Waals surface area contributed by atoms with Gasteiger partial charge in [-0.15, -0.1) is 0 Å². The molecule has 0 unspecified atom stereocenters. The minimum Gasteiger partial charge on any atom is -0.375 e. The maximum Gasteiger partial charge on any atom is 0.243 e. The van der Waals surface area contributed by atoms with Gasteiger partial charge in [-0.05, 0) is 50.1 Å². The Hall–Kier alpha value is -2.43. The van der Waals surface area contributed by atoms with Crippen LogP contribution in [0.3, 0.4) is 0 Å². The number of carbonyl (C=O) groups excluding carboxylic acids is 1. The molecule has 0 bridgehead atoms. The van der Waals surface area contributed by atoms with Gasteiger partial charge in [-0.1, -0.05) is 17.7 Å². The van der Waals surface area contributed by atoms with Crippen LogP contribution in [0.5, 0.6) is 0 Å². The summed E-state index contributed by atoms with van der Waals surface area (Å²) in [5.41, 5.74) is 3.73. The van der Waals surface area contributed by atoms with E-state index < -0.39 is 19.9 Å². The maximum atomic E-state index is 12.3. The highest BCUT2D eigenvalue weighted by molar-refractivity contribution is 7.91. The van der Waals surface area contributed by atoms with E-state index in [-0.39, 0.29) is 27.9 Å². The maximum absolute atomic E-state index is 12.3. The zero-order chi connectivity index (χ0) is 21.3. The van der Waals surface area contributed by atoms with Gasteiger partial charge in [0, 0.05) is 11.9 Å². The van der Waals surface area contributed by atoms with Crippen molar-refractivity contribution >= 4 is 37.1 Å². The van der Waals surface area contributed by atoms with Gasteiger partial charge in [-0.2, -0.15) is 0 Å². The summed E-state index contributed by atoms with van der Waals surface area (Å²) in [5, 5.41) is 10.6. The Morgan fingerprint density at radius 1 is 1.00 bits per heavy atom. The quantitative estimate of drug-likeness (QED) is 0.645. The summed E-state index contributed by atoms with van der Waals surface area (Å²) in [6.07, 6.45) is 0.944. The summed E-state index contributed by atoms with van der Waals surface area (Å²) in [6, 6.07) is 7.32. The molecular weight excluding hydrogens is 402 g/mol. The van der Waals surface area contributed by atoms with E-state index in [1.54, 1.807) is 0 Å². The topological polar surface area (TPSA) is 135 Å². The summed E-state index contributed by atoms with van der Waals surface area (Å²) < 4.78 is 47.0.